The molecule has 0 saturated carbocycles. The van der Waals surface area contributed by atoms with Crippen LogP contribution in [0.4, 0.5) is 0 Å². The Kier molecular flexibility index (Phi) is 13.4. The van der Waals surface area contributed by atoms with Crippen molar-refractivity contribution in [1.82, 2.24) is 9.80 Å². The van der Waals surface area contributed by atoms with Crippen LogP contribution in [0.15, 0.2) is 24.3 Å². The third kappa shape index (κ3) is 6.70. The highest BCUT2D eigenvalue weighted by Crippen LogP contribution is 2.37. The van der Waals surface area contributed by atoms with Crippen LogP contribution in [0.25, 0.3) is 10.8 Å². The average Bonchev–Trinajstić information content (AvgIpc) is 2.93. The minimum atomic E-state index is -0.345. The number of carbonyl (C=O) groups excluding carboxylic acids is 4. The monoisotopic (exact) mass is 776 g/mol. The van der Waals surface area contributed by atoms with Gasteiger partial charge in [-0.15, -0.1) is 0 Å². The SMILES string of the molecule is CC[NH+](CC)CCCCN1C(=O)c2ccc3c4c(ccc(c24)C1=O)C(=O)N(CCCC[NH+](CC)CC)C3=O.[I-].[I-]. The lowest BCUT2D eigenvalue weighted by molar-refractivity contribution is -0.896. The number of carbonyl (C=O) groups is 4. The predicted molar refractivity (Wildman–Crippen MR) is 147 cm³/mol. The summed E-state index contributed by atoms with van der Waals surface area (Å²) in [7, 11) is 0. The van der Waals surface area contributed by atoms with Crippen LogP contribution in [0.3, 0.4) is 0 Å². The Balaban J connectivity index is 0.00000280. The average molecular weight is 776 g/mol. The van der Waals surface area contributed by atoms with Crippen LogP contribution < -0.4 is 57.8 Å². The summed E-state index contributed by atoms with van der Waals surface area (Å²) in [5, 5.41) is 0.899. The standard InChI is InChI=1S/C30H40N4O4.2HI/c1-5-31(6-2)17-9-11-19-33-27(35)21-13-15-23-26-24(16-14-22(25(21)26)28(33)36)30(38)34(29(23)37)20-12-10-18-32(7-3)8-4;;/h13-16H,5-12,17-20H2,1-4H3;2*1H. The molecule has 220 valence electrons. The fraction of sp³-hybridized carbons (Fsp3) is 0.533. The maximum Gasteiger partial charge on any atom is 0.261 e. The lowest BCUT2D eigenvalue weighted by Crippen LogP contribution is -3.11. The Morgan fingerprint density at radius 2 is 0.775 bits per heavy atom. The molecule has 2 aliphatic heterocycles. The molecule has 0 bridgehead atoms. The van der Waals surface area contributed by atoms with Gasteiger partial charge in [-0.25, -0.2) is 0 Å². The molecule has 0 aliphatic carbocycles. The van der Waals surface area contributed by atoms with Crippen molar-refractivity contribution in [3.8, 4) is 0 Å². The molecule has 0 aromatic heterocycles. The first-order valence-electron chi connectivity index (χ1n) is 14.4. The summed E-state index contributed by atoms with van der Waals surface area (Å²) in [5.41, 5.74) is 1.58. The van der Waals surface area contributed by atoms with E-state index in [1.165, 1.54) is 19.6 Å². The molecule has 40 heavy (non-hydrogen) atoms. The minimum absolute atomic E-state index is 0. The molecular weight excluding hydrogens is 734 g/mol. The zero-order valence-electron chi connectivity index (χ0n) is 24.1. The number of quaternary nitrogens is 2. The Morgan fingerprint density at radius 3 is 1.02 bits per heavy atom. The van der Waals surface area contributed by atoms with Crippen LogP contribution in [0.5, 0.6) is 0 Å². The van der Waals surface area contributed by atoms with Gasteiger partial charge in [0.05, 0.1) is 39.3 Å². The van der Waals surface area contributed by atoms with Crippen molar-refractivity contribution >= 4 is 34.4 Å². The summed E-state index contributed by atoms with van der Waals surface area (Å²) in [5.74, 6) is -1.38. The zero-order valence-corrected chi connectivity index (χ0v) is 28.4. The van der Waals surface area contributed by atoms with Crippen LogP contribution in [-0.2, 0) is 0 Å². The van der Waals surface area contributed by atoms with Crippen molar-refractivity contribution in [2.45, 2.75) is 53.4 Å². The van der Waals surface area contributed by atoms with E-state index in [1.54, 1.807) is 24.3 Å². The molecule has 2 aromatic carbocycles. The molecular formula is C30H42I2N4O4. The van der Waals surface area contributed by atoms with Gasteiger partial charge in [-0.05, 0) is 77.6 Å². The first-order valence-corrected chi connectivity index (χ1v) is 14.4. The zero-order chi connectivity index (χ0) is 27.4. The number of amides is 4. The van der Waals surface area contributed by atoms with E-state index in [2.05, 4.69) is 27.7 Å². The van der Waals surface area contributed by atoms with Crippen molar-refractivity contribution in [3.63, 3.8) is 0 Å². The number of halogens is 2. The number of hydrogen-bond acceptors (Lipinski definition) is 4. The molecule has 0 saturated heterocycles. The maximum atomic E-state index is 13.4. The van der Waals surface area contributed by atoms with E-state index in [4.69, 9.17) is 0 Å². The van der Waals surface area contributed by atoms with Gasteiger partial charge >= 0.3 is 0 Å². The smallest absolute Gasteiger partial charge is 0.261 e. The second-order valence-electron chi connectivity index (χ2n) is 10.4. The van der Waals surface area contributed by atoms with Crippen molar-refractivity contribution in [2.24, 2.45) is 0 Å². The molecule has 10 heteroatoms. The highest BCUT2D eigenvalue weighted by Gasteiger charge is 2.39. The number of unbranched alkanes of at least 4 members (excludes halogenated alkanes) is 2. The van der Waals surface area contributed by atoms with E-state index in [0.29, 0.717) is 46.1 Å². The molecule has 0 spiro atoms. The van der Waals surface area contributed by atoms with E-state index in [9.17, 15) is 19.2 Å². The molecule has 4 rings (SSSR count). The second kappa shape index (κ2) is 15.5. The van der Waals surface area contributed by atoms with Crippen molar-refractivity contribution in [2.75, 3.05) is 52.4 Å². The lowest BCUT2D eigenvalue weighted by atomic mass is 9.86. The molecule has 4 amide bonds. The van der Waals surface area contributed by atoms with E-state index in [0.717, 1.165) is 65.0 Å². The second-order valence-corrected chi connectivity index (χ2v) is 10.4. The van der Waals surface area contributed by atoms with Gasteiger partial charge < -0.3 is 57.8 Å². The van der Waals surface area contributed by atoms with E-state index < -0.39 is 0 Å². The summed E-state index contributed by atoms with van der Waals surface area (Å²) in [4.78, 5) is 59.3. The van der Waals surface area contributed by atoms with Crippen molar-refractivity contribution < 1.29 is 76.9 Å². The topological polar surface area (TPSA) is 83.6 Å². The molecule has 0 fully saturated rings. The highest BCUT2D eigenvalue weighted by molar-refractivity contribution is 6.33. The molecule has 2 N–H and O–H groups in total. The van der Waals surface area contributed by atoms with Crippen LogP contribution in [0, 0.1) is 0 Å². The third-order valence-electron chi connectivity index (χ3n) is 8.39. The Morgan fingerprint density at radius 1 is 0.500 bits per heavy atom. The van der Waals surface area contributed by atoms with E-state index in [1.807, 2.05) is 0 Å². The third-order valence-corrected chi connectivity index (χ3v) is 8.39. The summed E-state index contributed by atoms with van der Waals surface area (Å²) in [6, 6.07) is 6.62. The number of nitrogens with zero attached hydrogens (tertiary/aromatic N) is 2. The largest absolute Gasteiger partial charge is 1.00 e. The molecule has 0 atom stereocenters. The number of imide groups is 2. The Labute approximate surface area is 271 Å². The molecule has 2 heterocycles. The minimum Gasteiger partial charge on any atom is -1.00 e. The van der Waals surface area contributed by atoms with Gasteiger partial charge in [-0.3, -0.25) is 29.0 Å². The molecule has 8 nitrogen and oxygen atoms in total. The van der Waals surface area contributed by atoms with Crippen molar-refractivity contribution in [1.29, 1.82) is 0 Å². The van der Waals surface area contributed by atoms with Gasteiger partial charge in [-0.2, -0.15) is 0 Å². The Bertz CT molecular complexity index is 1080. The molecule has 0 radical (unpaired) electrons. The van der Waals surface area contributed by atoms with Gasteiger partial charge in [0.25, 0.3) is 23.6 Å². The normalized spacial score (nSPS) is 14.3. The number of benzene rings is 2. The van der Waals surface area contributed by atoms with E-state index >= 15 is 0 Å². The Hall–Kier alpha value is -1.64. The van der Waals surface area contributed by atoms with Gasteiger partial charge in [0.1, 0.15) is 0 Å². The first kappa shape index (κ1) is 34.6. The van der Waals surface area contributed by atoms with Crippen LogP contribution in [0.1, 0.15) is 94.8 Å². The van der Waals surface area contributed by atoms with Gasteiger partial charge in [0, 0.05) is 46.1 Å². The quantitative estimate of drug-likeness (QED) is 0.115. The summed E-state index contributed by atoms with van der Waals surface area (Å²) >= 11 is 0. The lowest BCUT2D eigenvalue weighted by Gasteiger charge is -2.32. The van der Waals surface area contributed by atoms with Gasteiger partial charge in [0.15, 0.2) is 0 Å². The summed E-state index contributed by atoms with van der Waals surface area (Å²) < 4.78 is 0. The maximum absolute atomic E-state index is 13.4. The summed E-state index contributed by atoms with van der Waals surface area (Å²) in [6.07, 6.45) is 3.36. The van der Waals surface area contributed by atoms with Crippen molar-refractivity contribution in [3.05, 3.63) is 46.5 Å². The summed E-state index contributed by atoms with van der Waals surface area (Å²) in [6.45, 7) is 15.6. The molecule has 2 aromatic rings. The molecule has 2 aliphatic rings. The number of rotatable bonds is 14. The van der Waals surface area contributed by atoms with Crippen LogP contribution >= 0.6 is 0 Å². The number of hydrogen-bond donors (Lipinski definition) is 2. The predicted octanol–water partition coefficient (Wildman–Crippen LogP) is -4.55. The van der Waals surface area contributed by atoms with E-state index in [-0.39, 0.29) is 71.6 Å². The first-order chi connectivity index (χ1) is 18.4. The fourth-order valence-electron chi connectivity index (χ4n) is 5.88. The van der Waals surface area contributed by atoms with Gasteiger partial charge in [0.2, 0.25) is 0 Å². The number of nitrogens with one attached hydrogen (secondary N) is 2. The highest BCUT2D eigenvalue weighted by atomic mass is 127. The van der Waals surface area contributed by atoms with Crippen LogP contribution in [-0.4, -0.2) is 85.8 Å². The van der Waals surface area contributed by atoms with Gasteiger partial charge in [-0.1, -0.05) is 0 Å². The molecule has 0 unspecified atom stereocenters. The van der Waals surface area contributed by atoms with Crippen LogP contribution in [0.2, 0.25) is 0 Å². The fourth-order valence-corrected chi connectivity index (χ4v) is 5.88.